The summed E-state index contributed by atoms with van der Waals surface area (Å²) in [6, 6.07) is 24.5. The van der Waals surface area contributed by atoms with E-state index in [9.17, 15) is 4.79 Å². The summed E-state index contributed by atoms with van der Waals surface area (Å²) >= 11 is 1.46. The topological polar surface area (TPSA) is 55.9 Å². The van der Waals surface area contributed by atoms with Crippen LogP contribution in [0.25, 0.3) is 27.5 Å². The van der Waals surface area contributed by atoms with Gasteiger partial charge in [0.25, 0.3) is 0 Å². The highest BCUT2D eigenvalue weighted by atomic mass is 32.1. The van der Waals surface area contributed by atoms with Gasteiger partial charge < -0.3 is 9.40 Å². The fourth-order valence-electron chi connectivity index (χ4n) is 4.61. The number of nitrogens with zero attached hydrogens (tertiary/aromatic N) is 3. The first-order valence-corrected chi connectivity index (χ1v) is 13.4. The molecule has 5 rings (SSSR count). The molecule has 0 fully saturated rings. The number of hydrogen-bond donors (Lipinski definition) is 0. The summed E-state index contributed by atoms with van der Waals surface area (Å²) in [7, 11) is 3.85. The Labute approximate surface area is 227 Å². The van der Waals surface area contributed by atoms with Crippen molar-refractivity contribution in [3.63, 3.8) is 0 Å². The zero-order valence-electron chi connectivity index (χ0n) is 22.0. The van der Waals surface area contributed by atoms with Gasteiger partial charge in [-0.2, -0.15) is 0 Å². The van der Waals surface area contributed by atoms with Gasteiger partial charge >= 0.3 is 0 Å². The summed E-state index contributed by atoms with van der Waals surface area (Å²) in [4.78, 5) is 23.6. The number of benzene rings is 3. The molecular weight excluding hydrogens is 489 g/mol. The van der Waals surface area contributed by atoms with Gasteiger partial charge in [0.15, 0.2) is 0 Å². The average molecular weight is 517 g/mol. The summed E-state index contributed by atoms with van der Waals surface area (Å²) in [5.74, 6) is 0.570. The fraction of sp³-hybridized carbons (Fsp3) is 0.129. The molecule has 3 aromatic carbocycles. The molecule has 0 saturated heterocycles. The largest absolute Gasteiger partial charge is 0.362 e. The molecule has 0 spiro atoms. The molecule has 0 saturated carbocycles. The molecule has 7 heteroatoms. The molecular formula is C31H28BN3O2S. The Kier molecular flexibility index (Phi) is 7.12. The number of carbonyl (C=O) groups is 1. The Morgan fingerprint density at radius 3 is 2.16 bits per heavy atom. The third kappa shape index (κ3) is 4.73. The van der Waals surface area contributed by atoms with Crippen molar-refractivity contribution < 1.29 is 9.63 Å². The molecule has 2 heterocycles. The van der Waals surface area contributed by atoms with Crippen LogP contribution in [0.3, 0.4) is 0 Å². The lowest BCUT2D eigenvalue weighted by atomic mass is 9.94. The Morgan fingerprint density at radius 2 is 1.58 bits per heavy atom. The minimum atomic E-state index is 0.0308. The first-order chi connectivity index (χ1) is 18.4. The van der Waals surface area contributed by atoms with E-state index in [1.807, 2.05) is 42.6 Å². The van der Waals surface area contributed by atoms with E-state index in [2.05, 4.69) is 71.6 Å². The van der Waals surface area contributed by atoms with Crippen molar-refractivity contribution in [2.24, 2.45) is 10.1 Å². The van der Waals surface area contributed by atoms with Crippen molar-refractivity contribution in [3.05, 3.63) is 112 Å². The number of allylic oxidation sites excluding steroid dienone is 1. The number of thiophene rings is 1. The van der Waals surface area contributed by atoms with Crippen molar-refractivity contribution in [1.29, 1.82) is 0 Å². The first-order valence-electron chi connectivity index (χ1n) is 12.5. The molecule has 0 aliphatic rings. The van der Waals surface area contributed by atoms with E-state index in [1.165, 1.54) is 11.3 Å². The SMILES string of the molecule is BC/C(=N/OC(=C)C)c1ccc2c(c1)c1cc(C(=O)c3cccs3)ccc1n2-c1ccc(/C(C)=N/C)cc1. The van der Waals surface area contributed by atoms with Crippen LogP contribution < -0.4 is 0 Å². The van der Waals surface area contributed by atoms with Crippen LogP contribution in [0, 0.1) is 0 Å². The van der Waals surface area contributed by atoms with Gasteiger partial charge in [0, 0.05) is 34.8 Å². The number of aromatic nitrogens is 1. The Balaban J connectivity index is 1.74. The number of oxime groups is 1. The van der Waals surface area contributed by atoms with Gasteiger partial charge in [-0.15, -0.1) is 11.3 Å². The lowest BCUT2D eigenvalue weighted by Crippen LogP contribution is -2.01. The minimum absolute atomic E-state index is 0.0308. The van der Waals surface area contributed by atoms with Crippen LogP contribution in [0.15, 0.2) is 101 Å². The van der Waals surface area contributed by atoms with Crippen LogP contribution in [0.5, 0.6) is 0 Å². The Morgan fingerprint density at radius 1 is 0.947 bits per heavy atom. The number of carbonyl (C=O) groups excluding carboxylic acids is 1. The van der Waals surface area contributed by atoms with Crippen molar-refractivity contribution >= 4 is 58.2 Å². The molecule has 0 atom stereocenters. The van der Waals surface area contributed by atoms with E-state index >= 15 is 0 Å². The highest BCUT2D eigenvalue weighted by Gasteiger charge is 2.18. The van der Waals surface area contributed by atoms with Gasteiger partial charge in [0.1, 0.15) is 13.6 Å². The zero-order valence-corrected chi connectivity index (χ0v) is 22.8. The standard InChI is InChI=1S/C31H28BN3O2S/c1-19(2)37-34-27(18-32)22-9-13-28-25(16-22)26-17-23(31(36)30-6-5-15-38-30)10-14-29(26)35(28)24-11-7-21(8-12-24)20(3)33-4/h5-17H,1,18,32H2,2-4H3/b33-20+,34-27-. The maximum Gasteiger partial charge on any atom is 0.202 e. The predicted molar refractivity (Wildman–Crippen MR) is 162 cm³/mol. The number of fused-ring (bicyclic) bond motifs is 3. The van der Waals surface area contributed by atoms with E-state index in [1.54, 1.807) is 14.0 Å². The van der Waals surface area contributed by atoms with E-state index in [0.29, 0.717) is 17.6 Å². The van der Waals surface area contributed by atoms with Gasteiger partial charge in [-0.3, -0.25) is 9.79 Å². The van der Waals surface area contributed by atoms with Gasteiger partial charge in [-0.05, 0) is 85.2 Å². The summed E-state index contributed by atoms with van der Waals surface area (Å²) in [6.07, 6.45) is 0.708. The van der Waals surface area contributed by atoms with Crippen LogP contribution in [-0.2, 0) is 4.84 Å². The minimum Gasteiger partial charge on any atom is -0.362 e. The van der Waals surface area contributed by atoms with Gasteiger partial charge in [-0.25, -0.2) is 0 Å². The summed E-state index contributed by atoms with van der Waals surface area (Å²) < 4.78 is 2.24. The lowest BCUT2D eigenvalue weighted by Gasteiger charge is -2.10. The van der Waals surface area contributed by atoms with Crippen LogP contribution in [-0.4, -0.2) is 36.7 Å². The van der Waals surface area contributed by atoms with E-state index in [0.717, 1.165) is 54.9 Å². The van der Waals surface area contributed by atoms with E-state index in [-0.39, 0.29) is 5.78 Å². The predicted octanol–water partition coefficient (Wildman–Crippen LogP) is 6.82. The highest BCUT2D eigenvalue weighted by molar-refractivity contribution is 7.12. The molecule has 5 nitrogen and oxygen atoms in total. The lowest BCUT2D eigenvalue weighted by molar-refractivity contribution is 0.104. The quantitative estimate of drug-likeness (QED) is 0.0746. The number of ketones is 1. The Bertz CT molecular complexity index is 1730. The van der Waals surface area contributed by atoms with Crippen molar-refractivity contribution in [1.82, 2.24) is 4.57 Å². The number of rotatable bonds is 8. The molecule has 0 bridgehead atoms. The zero-order chi connectivity index (χ0) is 26.8. The second kappa shape index (κ2) is 10.6. The summed E-state index contributed by atoms with van der Waals surface area (Å²) in [6.45, 7) is 7.57. The smallest absolute Gasteiger partial charge is 0.202 e. The number of hydrogen-bond acceptors (Lipinski definition) is 5. The summed E-state index contributed by atoms with van der Waals surface area (Å²) in [5.41, 5.74) is 7.67. The van der Waals surface area contributed by atoms with E-state index < -0.39 is 0 Å². The van der Waals surface area contributed by atoms with Gasteiger partial charge in [0.05, 0.1) is 21.6 Å². The molecule has 0 aliphatic heterocycles. The molecule has 0 N–H and O–H groups in total. The van der Waals surface area contributed by atoms with Crippen LogP contribution in [0.1, 0.15) is 40.2 Å². The van der Waals surface area contributed by atoms with Crippen LogP contribution in [0.2, 0.25) is 6.32 Å². The molecule has 5 aromatic rings. The van der Waals surface area contributed by atoms with Crippen molar-refractivity contribution in [2.75, 3.05) is 7.05 Å². The molecule has 0 unspecified atom stereocenters. The Hall–Kier alpha value is -4.23. The molecule has 0 amide bonds. The van der Waals surface area contributed by atoms with Crippen LogP contribution >= 0.6 is 11.3 Å². The second-order valence-corrected chi connectivity index (χ2v) is 10.1. The highest BCUT2D eigenvalue weighted by Crippen LogP contribution is 2.34. The molecule has 38 heavy (non-hydrogen) atoms. The maximum absolute atomic E-state index is 13.2. The second-order valence-electron chi connectivity index (χ2n) is 9.15. The molecule has 188 valence electrons. The molecule has 0 radical (unpaired) electrons. The fourth-order valence-corrected chi connectivity index (χ4v) is 5.29. The van der Waals surface area contributed by atoms with Gasteiger partial charge in [-0.1, -0.05) is 36.0 Å². The molecule has 2 aromatic heterocycles. The molecule has 0 aliphatic carbocycles. The van der Waals surface area contributed by atoms with Crippen molar-refractivity contribution in [2.45, 2.75) is 20.2 Å². The van der Waals surface area contributed by atoms with Crippen molar-refractivity contribution in [3.8, 4) is 5.69 Å². The average Bonchev–Trinajstić information content (AvgIpc) is 3.59. The monoisotopic (exact) mass is 517 g/mol. The third-order valence-corrected chi connectivity index (χ3v) is 7.50. The van der Waals surface area contributed by atoms with Crippen LogP contribution in [0.4, 0.5) is 0 Å². The summed E-state index contributed by atoms with van der Waals surface area (Å²) in [5, 5.41) is 8.31. The third-order valence-electron chi connectivity index (χ3n) is 6.63. The van der Waals surface area contributed by atoms with Gasteiger partial charge in [0.2, 0.25) is 5.78 Å². The van der Waals surface area contributed by atoms with E-state index in [4.69, 9.17) is 4.84 Å². The normalized spacial score (nSPS) is 12.3. The maximum atomic E-state index is 13.2. The first kappa shape index (κ1) is 25.4. The number of aliphatic imine (C=N–C) groups is 1.